The lowest BCUT2D eigenvalue weighted by Gasteiger charge is -2.23. The lowest BCUT2D eigenvalue weighted by molar-refractivity contribution is -0.130. The third kappa shape index (κ3) is 4.85. The molecule has 21 heavy (non-hydrogen) atoms. The highest BCUT2D eigenvalue weighted by atomic mass is 16.5. The Balaban J connectivity index is 1.77. The molecule has 2 rings (SSSR count). The number of amides is 1. The van der Waals surface area contributed by atoms with Crippen LogP contribution in [0.15, 0.2) is 24.3 Å². The van der Waals surface area contributed by atoms with Gasteiger partial charge in [0.05, 0.1) is 24.3 Å². The Morgan fingerprint density at radius 2 is 2.24 bits per heavy atom. The van der Waals surface area contributed by atoms with Crippen LogP contribution in [0.25, 0.3) is 0 Å². The molecule has 5 nitrogen and oxygen atoms in total. The zero-order valence-electron chi connectivity index (χ0n) is 12.2. The van der Waals surface area contributed by atoms with Crippen LogP contribution in [0, 0.1) is 11.3 Å². The predicted octanol–water partition coefficient (Wildman–Crippen LogP) is 2.47. The van der Waals surface area contributed by atoms with E-state index < -0.39 is 6.10 Å². The van der Waals surface area contributed by atoms with Crippen molar-refractivity contribution in [3.05, 3.63) is 29.8 Å². The second-order valence-corrected chi connectivity index (χ2v) is 5.14. The maximum Gasteiger partial charge on any atom is 0.253 e. The van der Waals surface area contributed by atoms with Crippen LogP contribution in [-0.2, 0) is 14.3 Å². The molecule has 0 aliphatic carbocycles. The largest absolute Gasteiger partial charge is 0.376 e. The summed E-state index contributed by atoms with van der Waals surface area (Å²) in [6.07, 6.45) is 2.81. The van der Waals surface area contributed by atoms with Crippen LogP contribution >= 0.6 is 0 Å². The Morgan fingerprint density at radius 3 is 2.86 bits per heavy atom. The summed E-state index contributed by atoms with van der Waals surface area (Å²) in [6, 6.07) is 8.77. The van der Waals surface area contributed by atoms with E-state index in [2.05, 4.69) is 5.32 Å². The Kier molecular flexibility index (Phi) is 5.73. The van der Waals surface area contributed by atoms with Crippen LogP contribution in [0.4, 0.5) is 5.69 Å². The lowest BCUT2D eigenvalue weighted by Crippen LogP contribution is -2.32. The molecule has 1 aliphatic rings. The summed E-state index contributed by atoms with van der Waals surface area (Å²) < 4.78 is 11.1. The van der Waals surface area contributed by atoms with E-state index in [-0.39, 0.29) is 12.0 Å². The number of benzene rings is 1. The molecule has 1 aromatic carbocycles. The van der Waals surface area contributed by atoms with Gasteiger partial charge >= 0.3 is 0 Å². The van der Waals surface area contributed by atoms with E-state index in [0.717, 1.165) is 25.9 Å². The standard InChI is InChI=1S/C16H20N2O3/c1-12(21-11-15-4-2-3-9-20-15)16(19)18-14-7-5-13(10-17)6-8-14/h5-8,12,15H,2-4,9,11H2,1H3,(H,18,19). The molecule has 2 atom stereocenters. The molecule has 112 valence electrons. The number of hydrogen-bond donors (Lipinski definition) is 1. The van der Waals surface area contributed by atoms with E-state index in [4.69, 9.17) is 14.7 Å². The van der Waals surface area contributed by atoms with Crippen LogP contribution in [0.1, 0.15) is 31.7 Å². The van der Waals surface area contributed by atoms with Gasteiger partial charge in [-0.3, -0.25) is 4.79 Å². The molecule has 1 aliphatic heterocycles. The second kappa shape index (κ2) is 7.77. The molecule has 1 fully saturated rings. The first-order chi connectivity index (χ1) is 10.2. The number of nitrogens with zero attached hydrogens (tertiary/aromatic N) is 1. The van der Waals surface area contributed by atoms with Gasteiger partial charge in [0.1, 0.15) is 6.10 Å². The van der Waals surface area contributed by atoms with Crippen molar-refractivity contribution in [1.82, 2.24) is 0 Å². The van der Waals surface area contributed by atoms with Crippen molar-refractivity contribution in [2.75, 3.05) is 18.5 Å². The SMILES string of the molecule is CC(OCC1CCCCO1)C(=O)Nc1ccc(C#N)cc1. The molecule has 2 unspecified atom stereocenters. The van der Waals surface area contributed by atoms with Gasteiger partial charge in [0.2, 0.25) is 0 Å². The predicted molar refractivity (Wildman–Crippen MR) is 78.8 cm³/mol. The van der Waals surface area contributed by atoms with E-state index in [1.165, 1.54) is 0 Å². The summed E-state index contributed by atoms with van der Waals surface area (Å²) in [4.78, 5) is 12.0. The van der Waals surface area contributed by atoms with Crippen LogP contribution in [0.5, 0.6) is 0 Å². The Labute approximate surface area is 124 Å². The quantitative estimate of drug-likeness (QED) is 0.903. The summed E-state index contributed by atoms with van der Waals surface area (Å²) in [5.74, 6) is -0.199. The van der Waals surface area contributed by atoms with Gasteiger partial charge in [-0.1, -0.05) is 0 Å². The smallest absolute Gasteiger partial charge is 0.253 e. The summed E-state index contributed by atoms with van der Waals surface area (Å²) in [5, 5.41) is 11.5. The fraction of sp³-hybridized carbons (Fsp3) is 0.500. The van der Waals surface area contributed by atoms with Gasteiger partial charge < -0.3 is 14.8 Å². The van der Waals surface area contributed by atoms with Crippen molar-refractivity contribution in [3.63, 3.8) is 0 Å². The highest BCUT2D eigenvalue weighted by molar-refractivity contribution is 5.93. The van der Waals surface area contributed by atoms with E-state index in [9.17, 15) is 4.79 Å². The maximum absolute atomic E-state index is 12.0. The average Bonchev–Trinajstić information content (AvgIpc) is 2.54. The summed E-state index contributed by atoms with van der Waals surface area (Å²) in [6.45, 7) is 2.95. The molecule has 0 bridgehead atoms. The number of nitrogens with one attached hydrogen (secondary N) is 1. The highest BCUT2D eigenvalue weighted by Crippen LogP contribution is 2.14. The van der Waals surface area contributed by atoms with Crippen molar-refractivity contribution in [2.45, 2.75) is 38.4 Å². The Bertz CT molecular complexity index is 501. The number of carbonyl (C=O) groups excluding carboxylic acids is 1. The molecule has 0 radical (unpaired) electrons. The third-order valence-electron chi connectivity index (χ3n) is 3.46. The molecule has 5 heteroatoms. The van der Waals surface area contributed by atoms with Gasteiger partial charge in [-0.05, 0) is 50.5 Å². The minimum absolute atomic E-state index is 0.101. The number of anilines is 1. The number of nitriles is 1. The first-order valence-corrected chi connectivity index (χ1v) is 7.23. The van der Waals surface area contributed by atoms with E-state index in [1.54, 1.807) is 31.2 Å². The second-order valence-electron chi connectivity index (χ2n) is 5.14. The molecule has 0 saturated carbocycles. The minimum Gasteiger partial charge on any atom is -0.376 e. The average molecular weight is 288 g/mol. The minimum atomic E-state index is -0.536. The fourth-order valence-corrected chi connectivity index (χ4v) is 2.14. The zero-order chi connectivity index (χ0) is 15.1. The molecule has 1 N–H and O–H groups in total. The normalized spacial score (nSPS) is 19.5. The first kappa shape index (κ1) is 15.5. The summed E-state index contributed by atoms with van der Waals surface area (Å²) >= 11 is 0. The Hall–Kier alpha value is -1.90. The van der Waals surface area contributed by atoms with Gasteiger partial charge in [-0.25, -0.2) is 0 Å². The van der Waals surface area contributed by atoms with E-state index in [0.29, 0.717) is 17.9 Å². The summed E-state index contributed by atoms with van der Waals surface area (Å²) in [7, 11) is 0. The molecular weight excluding hydrogens is 268 g/mol. The van der Waals surface area contributed by atoms with Crippen LogP contribution < -0.4 is 5.32 Å². The van der Waals surface area contributed by atoms with Crippen molar-refractivity contribution >= 4 is 11.6 Å². The van der Waals surface area contributed by atoms with Crippen LogP contribution in [0.2, 0.25) is 0 Å². The number of rotatable bonds is 5. The first-order valence-electron chi connectivity index (χ1n) is 7.23. The molecule has 0 spiro atoms. The summed E-state index contributed by atoms with van der Waals surface area (Å²) in [5.41, 5.74) is 1.22. The van der Waals surface area contributed by atoms with Gasteiger partial charge in [0.25, 0.3) is 5.91 Å². The van der Waals surface area contributed by atoms with E-state index in [1.807, 2.05) is 6.07 Å². The molecule has 1 saturated heterocycles. The molecular formula is C16H20N2O3. The zero-order valence-corrected chi connectivity index (χ0v) is 12.2. The number of hydrogen-bond acceptors (Lipinski definition) is 4. The number of carbonyl (C=O) groups is 1. The van der Waals surface area contributed by atoms with Gasteiger partial charge in [-0.15, -0.1) is 0 Å². The van der Waals surface area contributed by atoms with Crippen molar-refractivity contribution in [3.8, 4) is 6.07 Å². The van der Waals surface area contributed by atoms with Gasteiger partial charge in [-0.2, -0.15) is 5.26 Å². The monoisotopic (exact) mass is 288 g/mol. The number of ether oxygens (including phenoxy) is 2. The third-order valence-corrected chi connectivity index (χ3v) is 3.46. The van der Waals surface area contributed by atoms with Gasteiger partial charge in [0, 0.05) is 12.3 Å². The van der Waals surface area contributed by atoms with Crippen LogP contribution in [-0.4, -0.2) is 31.3 Å². The molecule has 1 heterocycles. The maximum atomic E-state index is 12.0. The van der Waals surface area contributed by atoms with Crippen molar-refractivity contribution in [2.24, 2.45) is 0 Å². The molecule has 1 amide bonds. The molecule has 0 aromatic heterocycles. The molecule has 1 aromatic rings. The van der Waals surface area contributed by atoms with Gasteiger partial charge in [0.15, 0.2) is 0 Å². The van der Waals surface area contributed by atoms with E-state index >= 15 is 0 Å². The Morgan fingerprint density at radius 1 is 1.48 bits per heavy atom. The highest BCUT2D eigenvalue weighted by Gasteiger charge is 2.18. The fourth-order valence-electron chi connectivity index (χ4n) is 2.14. The van der Waals surface area contributed by atoms with Crippen molar-refractivity contribution in [1.29, 1.82) is 5.26 Å². The topological polar surface area (TPSA) is 71.3 Å². The lowest BCUT2D eigenvalue weighted by atomic mass is 10.1. The van der Waals surface area contributed by atoms with Crippen molar-refractivity contribution < 1.29 is 14.3 Å². The van der Waals surface area contributed by atoms with Crippen LogP contribution in [0.3, 0.4) is 0 Å².